The van der Waals surface area contributed by atoms with E-state index in [4.69, 9.17) is 22.1 Å². The van der Waals surface area contributed by atoms with Gasteiger partial charge in [0.2, 0.25) is 0 Å². The van der Waals surface area contributed by atoms with Crippen LogP contribution in [0.2, 0.25) is 5.02 Å². The third-order valence-corrected chi connectivity index (χ3v) is 4.80. The molecule has 0 radical (unpaired) electrons. The molecule has 7 nitrogen and oxygen atoms in total. The van der Waals surface area contributed by atoms with E-state index in [2.05, 4.69) is 15.3 Å². The van der Waals surface area contributed by atoms with Crippen molar-refractivity contribution in [2.75, 3.05) is 19.1 Å². The number of alkyl halides is 1. The summed E-state index contributed by atoms with van der Waals surface area (Å²) in [6.45, 7) is 2.14. The Morgan fingerprint density at radius 1 is 1.33 bits per heavy atom. The summed E-state index contributed by atoms with van der Waals surface area (Å²) in [7, 11) is 0.500. The van der Waals surface area contributed by atoms with Crippen LogP contribution in [-0.2, 0) is 4.74 Å². The molecule has 2 aromatic heterocycles. The van der Waals surface area contributed by atoms with Gasteiger partial charge in [0.1, 0.15) is 17.2 Å². The molecule has 0 spiro atoms. The molecule has 4 rings (SSSR count). The zero-order valence-electron chi connectivity index (χ0n) is 16.3. The van der Waals surface area contributed by atoms with Crippen LogP contribution in [-0.4, -0.2) is 35.1 Å². The number of hydrogen-bond acceptors (Lipinski definition) is 5. The van der Waals surface area contributed by atoms with E-state index in [9.17, 15) is 13.6 Å². The van der Waals surface area contributed by atoms with Crippen molar-refractivity contribution in [3.8, 4) is 0 Å². The summed E-state index contributed by atoms with van der Waals surface area (Å²) >= 11 is 6.01. The van der Waals surface area contributed by atoms with Crippen molar-refractivity contribution in [2.24, 2.45) is 10.7 Å². The molecule has 0 saturated carbocycles. The highest BCUT2D eigenvalue weighted by Gasteiger charge is 2.21. The minimum Gasteiger partial charge on any atom is -0.465 e. The number of benzene rings is 1. The highest BCUT2D eigenvalue weighted by molar-refractivity contribution is 6.30. The normalized spacial score (nSPS) is 15.6. The van der Waals surface area contributed by atoms with Gasteiger partial charge in [0.15, 0.2) is 0 Å². The van der Waals surface area contributed by atoms with Crippen molar-refractivity contribution in [3.63, 3.8) is 0 Å². The molecular formula is C20H20ClF2N5O2. The summed E-state index contributed by atoms with van der Waals surface area (Å²) in [5.41, 5.74) is 7.90. The van der Waals surface area contributed by atoms with Crippen LogP contribution in [0.1, 0.15) is 34.2 Å². The van der Waals surface area contributed by atoms with Crippen LogP contribution in [0.25, 0.3) is 5.65 Å². The zero-order valence-corrected chi connectivity index (χ0v) is 17.1. The highest BCUT2D eigenvalue weighted by Crippen LogP contribution is 2.29. The molecule has 1 unspecified atom stereocenters. The number of nitrogens with one attached hydrogen (secondary N) is 1. The Morgan fingerprint density at radius 2 is 2.10 bits per heavy atom. The number of halogens is 3. The molecule has 0 saturated heterocycles. The van der Waals surface area contributed by atoms with Gasteiger partial charge in [-0.25, -0.2) is 14.4 Å². The smallest absolute Gasteiger partial charge is 0.282 e. The number of carbonyl (C=O) groups is 1. The molecule has 1 atom stereocenters. The maximum Gasteiger partial charge on any atom is 0.282 e. The van der Waals surface area contributed by atoms with Crippen LogP contribution in [0.15, 0.2) is 41.5 Å². The number of nitrogens with two attached hydrogens (primary N) is 1. The number of imidazole rings is 1. The standard InChI is InChI=1S/C19H17ClFN5O2.CH3F/c1-10-17(25-16-5-2-11(20)9-26(10)16)18(27)23-12-3-4-14(21)13(8-12)15-6-7-28-19(22)24-15;1-2/h2-5,8-9,15H,6-7H2,1H3,(H2,22,24)(H,23,27);1H3. The first-order chi connectivity index (χ1) is 14.4. The topological polar surface area (TPSA) is 94.0 Å². The minimum absolute atomic E-state index is 0.0316. The fourth-order valence-corrected chi connectivity index (χ4v) is 3.33. The third kappa shape index (κ3) is 4.35. The number of ether oxygens (including phenoxy) is 1. The summed E-state index contributed by atoms with van der Waals surface area (Å²) in [5, 5.41) is 3.31. The molecule has 1 aromatic carbocycles. The van der Waals surface area contributed by atoms with Crippen molar-refractivity contribution >= 4 is 34.9 Å². The van der Waals surface area contributed by atoms with Gasteiger partial charge in [0.05, 0.1) is 30.5 Å². The first-order valence-corrected chi connectivity index (χ1v) is 9.39. The van der Waals surface area contributed by atoms with Crippen LogP contribution in [0.5, 0.6) is 0 Å². The zero-order chi connectivity index (χ0) is 21.8. The molecule has 3 heterocycles. The van der Waals surface area contributed by atoms with E-state index in [0.717, 1.165) is 0 Å². The van der Waals surface area contributed by atoms with Gasteiger partial charge in [-0.15, -0.1) is 0 Å². The summed E-state index contributed by atoms with van der Waals surface area (Å²) < 4.78 is 30.6. The first kappa shape index (κ1) is 21.5. The van der Waals surface area contributed by atoms with Gasteiger partial charge in [-0.1, -0.05) is 11.6 Å². The number of pyridine rings is 1. The van der Waals surface area contributed by atoms with Gasteiger partial charge in [0, 0.05) is 23.9 Å². The van der Waals surface area contributed by atoms with Crippen LogP contribution in [0.3, 0.4) is 0 Å². The van der Waals surface area contributed by atoms with Gasteiger partial charge in [-0.2, -0.15) is 0 Å². The quantitative estimate of drug-likeness (QED) is 0.649. The molecule has 10 heteroatoms. The lowest BCUT2D eigenvalue weighted by Crippen LogP contribution is -2.24. The molecule has 3 aromatic rings. The van der Waals surface area contributed by atoms with E-state index in [1.54, 1.807) is 35.7 Å². The lowest BCUT2D eigenvalue weighted by molar-refractivity contribution is 0.102. The van der Waals surface area contributed by atoms with E-state index in [1.807, 2.05) is 0 Å². The number of hydrogen-bond donors (Lipinski definition) is 2. The number of rotatable bonds is 3. The number of anilines is 1. The lowest BCUT2D eigenvalue weighted by Gasteiger charge is -2.20. The SMILES string of the molecule is CF.Cc1c(C(=O)Nc2ccc(F)c(C3CCOC(N)=N3)c2)nc2ccc(Cl)cn12. The molecule has 158 valence electrons. The van der Waals surface area contributed by atoms with E-state index in [1.165, 1.54) is 12.1 Å². The monoisotopic (exact) mass is 435 g/mol. The second-order valence-electron chi connectivity index (χ2n) is 6.43. The molecule has 0 bridgehead atoms. The van der Waals surface area contributed by atoms with E-state index in [0.29, 0.717) is 47.8 Å². The van der Waals surface area contributed by atoms with E-state index >= 15 is 0 Å². The van der Waals surface area contributed by atoms with E-state index in [-0.39, 0.29) is 11.7 Å². The molecule has 1 aliphatic heterocycles. The molecule has 1 amide bonds. The van der Waals surface area contributed by atoms with Gasteiger partial charge in [0.25, 0.3) is 11.9 Å². The molecule has 0 aliphatic carbocycles. The van der Waals surface area contributed by atoms with Crippen molar-refractivity contribution in [2.45, 2.75) is 19.4 Å². The number of nitrogens with zero attached hydrogens (tertiary/aromatic N) is 3. The maximum atomic E-state index is 14.3. The summed E-state index contributed by atoms with van der Waals surface area (Å²) in [4.78, 5) is 21.2. The van der Waals surface area contributed by atoms with Crippen molar-refractivity contribution in [1.29, 1.82) is 0 Å². The van der Waals surface area contributed by atoms with Gasteiger partial charge >= 0.3 is 0 Å². The molecular weight excluding hydrogens is 416 g/mol. The first-order valence-electron chi connectivity index (χ1n) is 9.01. The highest BCUT2D eigenvalue weighted by atomic mass is 35.5. The Kier molecular flexibility index (Phi) is 6.51. The van der Waals surface area contributed by atoms with Gasteiger partial charge in [-0.05, 0) is 37.3 Å². The van der Waals surface area contributed by atoms with Crippen LogP contribution >= 0.6 is 11.6 Å². The van der Waals surface area contributed by atoms with Crippen molar-refractivity contribution in [3.05, 3.63) is 64.3 Å². The average molecular weight is 436 g/mol. The van der Waals surface area contributed by atoms with Crippen molar-refractivity contribution in [1.82, 2.24) is 9.38 Å². The summed E-state index contributed by atoms with van der Waals surface area (Å²) in [6, 6.07) is 7.36. The number of aryl methyl sites for hydroxylation is 1. The van der Waals surface area contributed by atoms with Crippen LogP contribution in [0, 0.1) is 12.7 Å². The number of aliphatic imine (C=N–C) groups is 1. The second-order valence-corrected chi connectivity index (χ2v) is 6.87. The second kappa shape index (κ2) is 9.08. The Hall–Kier alpha value is -3.20. The number of aromatic nitrogens is 2. The largest absolute Gasteiger partial charge is 0.465 e. The number of amidine groups is 1. The Bertz CT molecular complexity index is 1120. The fraction of sp³-hybridized carbons (Fsp3) is 0.250. The Morgan fingerprint density at radius 3 is 2.83 bits per heavy atom. The molecule has 30 heavy (non-hydrogen) atoms. The third-order valence-electron chi connectivity index (χ3n) is 4.57. The Balaban J connectivity index is 0.00000124. The molecule has 0 fully saturated rings. The average Bonchev–Trinajstić information content (AvgIpc) is 3.07. The maximum absolute atomic E-state index is 14.3. The van der Waals surface area contributed by atoms with Gasteiger partial charge in [-0.3, -0.25) is 9.18 Å². The predicted octanol–water partition coefficient (Wildman–Crippen LogP) is 4.05. The van der Waals surface area contributed by atoms with Gasteiger partial charge < -0.3 is 20.2 Å². The minimum atomic E-state index is -0.454. The number of amides is 1. The number of fused-ring (bicyclic) bond motifs is 1. The lowest BCUT2D eigenvalue weighted by atomic mass is 10.0. The van der Waals surface area contributed by atoms with E-state index < -0.39 is 17.8 Å². The molecule has 1 aliphatic rings. The van der Waals surface area contributed by atoms with Crippen LogP contribution < -0.4 is 11.1 Å². The molecule has 3 N–H and O–H groups in total. The van der Waals surface area contributed by atoms with Crippen LogP contribution in [0.4, 0.5) is 14.5 Å². The predicted molar refractivity (Wildman–Crippen MR) is 111 cm³/mol. The number of carbonyl (C=O) groups excluding carboxylic acids is 1. The van der Waals surface area contributed by atoms with Crippen molar-refractivity contribution < 1.29 is 18.3 Å². The fourth-order valence-electron chi connectivity index (χ4n) is 3.17. The Labute approximate surface area is 176 Å². The summed E-state index contributed by atoms with van der Waals surface area (Å²) in [5.74, 6) is -0.815. The summed E-state index contributed by atoms with van der Waals surface area (Å²) in [6.07, 6.45) is 2.20.